The smallest absolute Gasteiger partial charge is 0.328 e. The van der Waals surface area contributed by atoms with Crippen LogP contribution in [0.25, 0.3) is 6.08 Å². The van der Waals surface area contributed by atoms with Gasteiger partial charge in [-0.15, -0.1) is 0 Å². The first-order valence-corrected chi connectivity index (χ1v) is 9.93. The highest BCUT2D eigenvalue weighted by Gasteiger charge is 2.41. The fraction of sp³-hybridized carbons (Fsp3) is 0.190. The van der Waals surface area contributed by atoms with Crippen LogP contribution >= 0.6 is 11.8 Å². The lowest BCUT2D eigenvalue weighted by Gasteiger charge is -2.18. The van der Waals surface area contributed by atoms with Crippen LogP contribution in [0.3, 0.4) is 0 Å². The molecule has 1 aliphatic rings. The summed E-state index contributed by atoms with van der Waals surface area (Å²) in [5.74, 6) is -0.854. The number of thioether (sulfide) groups is 1. The first-order chi connectivity index (χ1) is 14.8. The van der Waals surface area contributed by atoms with Gasteiger partial charge in [0.05, 0.1) is 16.9 Å². The predicted molar refractivity (Wildman–Crippen MR) is 113 cm³/mol. The molecule has 2 aromatic rings. The van der Waals surface area contributed by atoms with Gasteiger partial charge in [-0.2, -0.15) is 0 Å². The van der Waals surface area contributed by atoms with Crippen LogP contribution < -0.4 is 4.74 Å². The van der Waals surface area contributed by atoms with Crippen LogP contribution in [0.4, 0.5) is 10.5 Å². The Morgan fingerprint density at radius 2 is 1.97 bits per heavy atom. The molecular weight excluding hydrogens is 424 g/mol. The van der Waals surface area contributed by atoms with Crippen LogP contribution in [-0.4, -0.2) is 40.1 Å². The van der Waals surface area contributed by atoms with Crippen molar-refractivity contribution in [1.29, 1.82) is 0 Å². The molecule has 0 spiro atoms. The van der Waals surface area contributed by atoms with Gasteiger partial charge >= 0.3 is 5.97 Å². The van der Waals surface area contributed by atoms with E-state index in [1.54, 1.807) is 36.4 Å². The Hall–Kier alpha value is -3.66. The quantitative estimate of drug-likeness (QED) is 0.275. The van der Waals surface area contributed by atoms with Gasteiger partial charge in [0, 0.05) is 17.7 Å². The molecule has 0 aliphatic carbocycles. The van der Waals surface area contributed by atoms with E-state index in [2.05, 4.69) is 4.74 Å². The number of hydrogen-bond acceptors (Lipinski definition) is 8. The minimum atomic E-state index is -1.04. The van der Waals surface area contributed by atoms with E-state index in [-0.39, 0.29) is 17.2 Å². The zero-order valence-corrected chi connectivity index (χ0v) is 17.5. The number of non-ortho nitro benzene ring substituents is 1. The van der Waals surface area contributed by atoms with E-state index in [1.807, 2.05) is 0 Å². The number of carbonyl (C=O) groups is 3. The average Bonchev–Trinajstić information content (AvgIpc) is 3.04. The zero-order valence-electron chi connectivity index (χ0n) is 16.6. The topological polar surface area (TPSA) is 116 Å². The van der Waals surface area contributed by atoms with Crippen molar-refractivity contribution in [3.8, 4) is 5.75 Å². The second-order valence-corrected chi connectivity index (χ2v) is 7.50. The molecule has 9 nitrogen and oxygen atoms in total. The summed E-state index contributed by atoms with van der Waals surface area (Å²) < 4.78 is 10.4. The monoisotopic (exact) mass is 442 g/mol. The SMILES string of the molecule is COC(=O)[C@@H](C)N1C(=O)S/C(=C/c2ccccc2OCc2cccc([N+](=O)[O-])c2)C1=O. The van der Waals surface area contributed by atoms with Crippen molar-refractivity contribution in [3.63, 3.8) is 0 Å². The molecule has 1 heterocycles. The summed E-state index contributed by atoms with van der Waals surface area (Å²) in [4.78, 5) is 48.1. The van der Waals surface area contributed by atoms with Crippen molar-refractivity contribution >= 4 is 40.6 Å². The number of hydrogen-bond donors (Lipinski definition) is 0. The Balaban J connectivity index is 1.80. The van der Waals surface area contributed by atoms with E-state index < -0.39 is 28.1 Å². The number of amides is 2. The molecular formula is C21H18N2O7S. The van der Waals surface area contributed by atoms with Crippen LogP contribution in [-0.2, 0) is 20.9 Å². The van der Waals surface area contributed by atoms with Crippen molar-refractivity contribution in [1.82, 2.24) is 4.90 Å². The molecule has 0 bridgehead atoms. The van der Waals surface area contributed by atoms with Gasteiger partial charge in [-0.3, -0.25) is 24.6 Å². The molecule has 0 radical (unpaired) electrons. The molecule has 31 heavy (non-hydrogen) atoms. The largest absolute Gasteiger partial charge is 0.488 e. The van der Waals surface area contributed by atoms with E-state index in [0.29, 0.717) is 16.9 Å². The molecule has 1 fully saturated rings. The highest BCUT2D eigenvalue weighted by Crippen LogP contribution is 2.35. The van der Waals surface area contributed by atoms with Gasteiger partial charge < -0.3 is 9.47 Å². The molecule has 0 unspecified atom stereocenters. The lowest BCUT2D eigenvalue weighted by molar-refractivity contribution is -0.384. The third-order valence-electron chi connectivity index (χ3n) is 4.47. The lowest BCUT2D eigenvalue weighted by Crippen LogP contribution is -2.42. The molecule has 1 atom stereocenters. The van der Waals surface area contributed by atoms with E-state index >= 15 is 0 Å². The molecule has 1 aliphatic heterocycles. The Bertz CT molecular complexity index is 1080. The highest BCUT2D eigenvalue weighted by molar-refractivity contribution is 8.18. The molecule has 160 valence electrons. The summed E-state index contributed by atoms with van der Waals surface area (Å²) in [6.07, 6.45) is 1.51. The van der Waals surface area contributed by atoms with Crippen molar-refractivity contribution in [2.24, 2.45) is 0 Å². The number of carbonyl (C=O) groups excluding carboxylic acids is 3. The summed E-state index contributed by atoms with van der Waals surface area (Å²) in [5, 5.41) is 10.4. The number of nitro groups is 1. The number of ether oxygens (including phenoxy) is 2. The molecule has 3 rings (SSSR count). The van der Waals surface area contributed by atoms with Gasteiger partial charge in [-0.1, -0.05) is 30.3 Å². The standard InChI is InChI=1S/C21H18N2O7S/c1-13(20(25)29-2)22-19(24)18(31-21(22)26)11-15-7-3-4-9-17(15)30-12-14-6-5-8-16(10-14)23(27)28/h3-11,13H,12H2,1-2H3/b18-11+/t13-/m1/s1. The fourth-order valence-electron chi connectivity index (χ4n) is 2.88. The summed E-state index contributed by atoms with van der Waals surface area (Å²) in [5.41, 5.74) is 1.11. The van der Waals surface area contributed by atoms with Gasteiger partial charge in [0.1, 0.15) is 18.4 Å². The third-order valence-corrected chi connectivity index (χ3v) is 5.36. The first kappa shape index (κ1) is 22.0. The summed E-state index contributed by atoms with van der Waals surface area (Å²) in [7, 11) is 1.18. The van der Waals surface area contributed by atoms with Crippen molar-refractivity contribution < 1.29 is 28.8 Å². The van der Waals surface area contributed by atoms with E-state index in [0.717, 1.165) is 16.7 Å². The second-order valence-electron chi connectivity index (χ2n) is 6.50. The van der Waals surface area contributed by atoms with E-state index in [4.69, 9.17) is 4.74 Å². The normalized spacial score (nSPS) is 15.8. The minimum Gasteiger partial charge on any atom is -0.488 e. The van der Waals surface area contributed by atoms with Crippen LogP contribution in [0.5, 0.6) is 5.75 Å². The number of benzene rings is 2. The maximum Gasteiger partial charge on any atom is 0.328 e. The fourth-order valence-corrected chi connectivity index (χ4v) is 3.78. The number of nitro benzene ring substituents is 1. The average molecular weight is 442 g/mol. The molecule has 0 aromatic heterocycles. The molecule has 10 heteroatoms. The number of rotatable bonds is 7. The molecule has 1 saturated heterocycles. The Labute approximate surface area is 181 Å². The van der Waals surface area contributed by atoms with Crippen molar-refractivity contribution in [3.05, 3.63) is 74.7 Å². The number of para-hydroxylation sites is 1. The summed E-state index contributed by atoms with van der Waals surface area (Å²) >= 11 is 0.721. The summed E-state index contributed by atoms with van der Waals surface area (Å²) in [6.45, 7) is 1.49. The van der Waals surface area contributed by atoms with Gasteiger partial charge in [0.15, 0.2) is 0 Å². The number of nitrogens with zero attached hydrogens (tertiary/aromatic N) is 2. The maximum atomic E-state index is 12.7. The highest BCUT2D eigenvalue weighted by atomic mass is 32.2. The van der Waals surface area contributed by atoms with Crippen LogP contribution in [0.2, 0.25) is 0 Å². The second kappa shape index (κ2) is 9.43. The molecule has 2 amide bonds. The Morgan fingerprint density at radius 3 is 2.68 bits per heavy atom. The molecule has 2 aromatic carbocycles. The number of imide groups is 1. The van der Waals surface area contributed by atoms with Gasteiger partial charge in [0.25, 0.3) is 16.8 Å². The molecule has 0 N–H and O–H groups in total. The van der Waals surface area contributed by atoms with Crippen molar-refractivity contribution in [2.75, 3.05) is 7.11 Å². The predicted octanol–water partition coefficient (Wildman–Crippen LogP) is 3.77. The van der Waals surface area contributed by atoms with Gasteiger partial charge in [0.2, 0.25) is 0 Å². The first-order valence-electron chi connectivity index (χ1n) is 9.12. The molecule has 0 saturated carbocycles. The minimum absolute atomic E-state index is 0.0391. The van der Waals surface area contributed by atoms with E-state index in [1.165, 1.54) is 32.2 Å². The number of methoxy groups -OCH3 is 1. The van der Waals surface area contributed by atoms with Crippen LogP contribution in [0, 0.1) is 10.1 Å². The lowest BCUT2D eigenvalue weighted by atomic mass is 10.1. The zero-order chi connectivity index (χ0) is 22.5. The van der Waals surface area contributed by atoms with E-state index in [9.17, 15) is 24.5 Å². The third kappa shape index (κ3) is 4.92. The Kier molecular flexibility index (Phi) is 6.71. The van der Waals surface area contributed by atoms with Gasteiger partial charge in [-0.05, 0) is 36.4 Å². The van der Waals surface area contributed by atoms with Crippen LogP contribution in [0.15, 0.2) is 53.4 Å². The van der Waals surface area contributed by atoms with Crippen molar-refractivity contribution in [2.45, 2.75) is 19.6 Å². The van der Waals surface area contributed by atoms with Crippen LogP contribution in [0.1, 0.15) is 18.1 Å². The van der Waals surface area contributed by atoms with Gasteiger partial charge in [-0.25, -0.2) is 4.79 Å². The summed E-state index contributed by atoms with van der Waals surface area (Å²) in [6, 6.07) is 11.9. The Morgan fingerprint density at radius 1 is 1.23 bits per heavy atom. The number of esters is 1. The maximum absolute atomic E-state index is 12.7.